The second-order valence-electron chi connectivity index (χ2n) is 9.61. The van der Waals surface area contributed by atoms with Crippen LogP contribution >= 0.6 is 11.7 Å². The Hall–Kier alpha value is -3.27. The molecule has 15 heteroatoms. The molecule has 1 saturated heterocycles. The number of anilines is 1. The standard InChI is InChI=1S/C24H35N5O9S/c1-24(2,3)25-14-18(16-36-22-21(26-39-27-22)28-7-9-34-10-8-28)38-23(30)19-6-5-17(13-20(19)33-4)15-35-11-12-37-29(31)32/h5-6,13,18,25H,7-12,14-16H2,1-4H3/t18-/m0/s1. The number of ether oxygens (including phenoxy) is 5. The fourth-order valence-electron chi connectivity index (χ4n) is 3.53. The number of carbonyl (C=O) groups is 1. The number of carbonyl (C=O) groups excluding carboxylic acids is 1. The maximum Gasteiger partial charge on any atom is 0.342 e. The zero-order chi connectivity index (χ0) is 28.3. The number of hydrogen-bond donors (Lipinski definition) is 1. The Morgan fingerprint density at radius 3 is 2.72 bits per heavy atom. The van der Waals surface area contributed by atoms with Crippen molar-refractivity contribution in [1.29, 1.82) is 0 Å². The van der Waals surface area contributed by atoms with Gasteiger partial charge in [-0.15, -0.1) is 14.5 Å². The number of nitrogens with one attached hydrogen (secondary N) is 1. The average Bonchev–Trinajstić information content (AvgIpc) is 3.38. The Morgan fingerprint density at radius 1 is 1.26 bits per heavy atom. The summed E-state index contributed by atoms with van der Waals surface area (Å²) in [5.74, 6) is 0.781. The average molecular weight is 570 g/mol. The number of hydrogen-bond acceptors (Lipinski definition) is 14. The number of benzene rings is 1. The van der Waals surface area contributed by atoms with Gasteiger partial charge in [-0.25, -0.2) is 4.79 Å². The minimum Gasteiger partial charge on any atom is -0.496 e. The van der Waals surface area contributed by atoms with Crippen LogP contribution in [-0.4, -0.2) is 91.2 Å². The first-order valence-electron chi connectivity index (χ1n) is 12.4. The van der Waals surface area contributed by atoms with Gasteiger partial charge in [-0.3, -0.25) is 0 Å². The van der Waals surface area contributed by atoms with Crippen molar-refractivity contribution in [1.82, 2.24) is 14.1 Å². The second-order valence-corrected chi connectivity index (χ2v) is 10.1. The molecule has 39 heavy (non-hydrogen) atoms. The number of esters is 1. The predicted octanol–water partition coefficient (Wildman–Crippen LogP) is 2.10. The Labute approximate surface area is 230 Å². The summed E-state index contributed by atoms with van der Waals surface area (Å²) in [6.45, 7) is 9.08. The van der Waals surface area contributed by atoms with Gasteiger partial charge < -0.3 is 38.7 Å². The molecule has 2 heterocycles. The highest BCUT2D eigenvalue weighted by molar-refractivity contribution is 6.99. The lowest BCUT2D eigenvalue weighted by atomic mass is 10.1. The van der Waals surface area contributed by atoms with Crippen molar-refractivity contribution in [3.05, 3.63) is 39.4 Å². The van der Waals surface area contributed by atoms with Crippen LogP contribution in [-0.2, 0) is 25.7 Å². The van der Waals surface area contributed by atoms with Crippen LogP contribution in [0.15, 0.2) is 18.2 Å². The van der Waals surface area contributed by atoms with Crippen molar-refractivity contribution in [3.8, 4) is 11.6 Å². The summed E-state index contributed by atoms with van der Waals surface area (Å²) in [4.78, 5) is 29.6. The minimum atomic E-state index is -0.876. The summed E-state index contributed by atoms with van der Waals surface area (Å²) < 4.78 is 36.7. The molecule has 1 aromatic heterocycles. The Bertz CT molecular complexity index is 1070. The molecule has 1 aliphatic rings. The summed E-state index contributed by atoms with van der Waals surface area (Å²) in [6.07, 6.45) is -0.634. The minimum absolute atomic E-state index is 0.0390. The molecule has 1 aromatic carbocycles. The van der Waals surface area contributed by atoms with E-state index in [9.17, 15) is 14.9 Å². The maximum atomic E-state index is 13.2. The molecule has 0 unspecified atom stereocenters. The molecule has 3 rings (SSSR count). The van der Waals surface area contributed by atoms with Crippen LogP contribution in [0.4, 0.5) is 5.82 Å². The SMILES string of the molecule is COc1cc(COCCO[N+](=O)[O-])ccc1C(=O)O[C@@H](CNC(C)(C)C)COc1nsnc1N1CCOCC1. The molecular weight excluding hydrogens is 534 g/mol. The lowest BCUT2D eigenvalue weighted by Gasteiger charge is -2.27. The molecule has 0 saturated carbocycles. The summed E-state index contributed by atoms with van der Waals surface area (Å²) >= 11 is 1.06. The molecule has 1 N–H and O–H groups in total. The zero-order valence-corrected chi connectivity index (χ0v) is 23.4. The van der Waals surface area contributed by atoms with Gasteiger partial charge >= 0.3 is 5.97 Å². The zero-order valence-electron chi connectivity index (χ0n) is 22.5. The number of nitrogens with zero attached hydrogens (tertiary/aromatic N) is 4. The Kier molecular flexibility index (Phi) is 11.5. The van der Waals surface area contributed by atoms with Gasteiger partial charge in [0, 0.05) is 25.2 Å². The fourth-order valence-corrected chi connectivity index (χ4v) is 4.05. The van der Waals surface area contributed by atoms with Gasteiger partial charge in [0.15, 0.2) is 0 Å². The van der Waals surface area contributed by atoms with Gasteiger partial charge in [0.25, 0.3) is 11.0 Å². The van der Waals surface area contributed by atoms with Crippen molar-refractivity contribution < 1.29 is 38.4 Å². The van der Waals surface area contributed by atoms with Crippen LogP contribution in [0.1, 0.15) is 36.7 Å². The summed E-state index contributed by atoms with van der Waals surface area (Å²) in [7, 11) is 1.45. The topological polar surface area (TPSA) is 157 Å². The molecule has 1 aliphatic heterocycles. The first kappa shape index (κ1) is 30.3. The van der Waals surface area contributed by atoms with Gasteiger partial charge in [0.05, 0.1) is 45.3 Å². The number of methoxy groups -OCH3 is 1. The van der Waals surface area contributed by atoms with E-state index in [1.54, 1.807) is 18.2 Å². The molecule has 216 valence electrons. The highest BCUT2D eigenvalue weighted by Gasteiger charge is 2.25. The van der Waals surface area contributed by atoms with Crippen LogP contribution in [0.3, 0.4) is 0 Å². The highest BCUT2D eigenvalue weighted by Crippen LogP contribution is 2.27. The molecule has 0 aliphatic carbocycles. The van der Waals surface area contributed by atoms with E-state index in [0.29, 0.717) is 55.9 Å². The van der Waals surface area contributed by atoms with Crippen molar-refractivity contribution in [2.45, 2.75) is 39.0 Å². The number of aromatic nitrogens is 2. The van der Waals surface area contributed by atoms with Crippen LogP contribution in [0.5, 0.6) is 11.6 Å². The summed E-state index contributed by atoms with van der Waals surface area (Å²) in [6, 6.07) is 4.94. The van der Waals surface area contributed by atoms with Crippen LogP contribution < -0.4 is 19.7 Å². The van der Waals surface area contributed by atoms with Crippen LogP contribution in [0.2, 0.25) is 0 Å². The molecule has 1 fully saturated rings. The van der Waals surface area contributed by atoms with Crippen LogP contribution in [0.25, 0.3) is 0 Å². The lowest BCUT2D eigenvalue weighted by molar-refractivity contribution is -0.758. The molecule has 2 aromatic rings. The fraction of sp³-hybridized carbons (Fsp3) is 0.625. The molecule has 0 radical (unpaired) electrons. The van der Waals surface area contributed by atoms with E-state index in [1.165, 1.54) is 7.11 Å². The van der Waals surface area contributed by atoms with Gasteiger partial charge in [-0.05, 0) is 38.5 Å². The molecule has 14 nitrogen and oxygen atoms in total. The monoisotopic (exact) mass is 569 g/mol. The maximum absolute atomic E-state index is 13.2. The lowest BCUT2D eigenvalue weighted by Crippen LogP contribution is -2.44. The third kappa shape index (κ3) is 10.1. The van der Waals surface area contributed by atoms with Gasteiger partial charge in [-0.1, -0.05) is 6.07 Å². The smallest absolute Gasteiger partial charge is 0.342 e. The predicted molar refractivity (Wildman–Crippen MR) is 141 cm³/mol. The highest BCUT2D eigenvalue weighted by atomic mass is 32.1. The third-order valence-electron chi connectivity index (χ3n) is 5.47. The second kappa shape index (κ2) is 14.8. The number of morpholine rings is 1. The summed E-state index contributed by atoms with van der Waals surface area (Å²) in [5.41, 5.74) is 0.740. The van der Waals surface area contributed by atoms with E-state index in [0.717, 1.165) is 11.7 Å². The van der Waals surface area contributed by atoms with Crippen molar-refractivity contribution >= 4 is 23.5 Å². The third-order valence-corrected chi connectivity index (χ3v) is 5.97. The van der Waals surface area contributed by atoms with Crippen molar-refractivity contribution in [2.24, 2.45) is 0 Å². The largest absolute Gasteiger partial charge is 0.496 e. The van der Waals surface area contributed by atoms with Crippen molar-refractivity contribution in [2.75, 3.05) is 64.7 Å². The molecule has 0 spiro atoms. The van der Waals surface area contributed by atoms with E-state index in [1.807, 2.05) is 20.8 Å². The first-order chi connectivity index (χ1) is 18.7. The molecule has 1 atom stereocenters. The van der Waals surface area contributed by atoms with Crippen molar-refractivity contribution in [3.63, 3.8) is 0 Å². The van der Waals surface area contributed by atoms with Gasteiger partial charge in [0.1, 0.15) is 30.6 Å². The quantitative estimate of drug-likeness (QED) is 0.144. The van der Waals surface area contributed by atoms with Crippen LogP contribution in [0, 0.1) is 10.1 Å². The molecular formula is C24H35N5O9S. The molecule has 0 bridgehead atoms. The first-order valence-corrected chi connectivity index (χ1v) is 13.2. The normalized spacial score (nSPS) is 14.5. The van der Waals surface area contributed by atoms with E-state index in [-0.39, 0.29) is 37.5 Å². The van der Waals surface area contributed by atoms with E-state index in [2.05, 4.69) is 23.8 Å². The Balaban J connectivity index is 1.63. The van der Waals surface area contributed by atoms with E-state index < -0.39 is 17.2 Å². The number of rotatable bonds is 15. The van der Waals surface area contributed by atoms with E-state index in [4.69, 9.17) is 23.7 Å². The van der Waals surface area contributed by atoms with Gasteiger partial charge in [0.2, 0.25) is 5.82 Å². The molecule has 0 amide bonds. The van der Waals surface area contributed by atoms with Gasteiger partial charge in [-0.2, -0.15) is 4.37 Å². The van der Waals surface area contributed by atoms with E-state index >= 15 is 0 Å². The summed E-state index contributed by atoms with van der Waals surface area (Å²) in [5, 5.41) is 12.7. The Morgan fingerprint density at radius 2 is 2.03 bits per heavy atom.